The van der Waals surface area contributed by atoms with Crippen molar-refractivity contribution in [3.05, 3.63) is 29.8 Å². The summed E-state index contributed by atoms with van der Waals surface area (Å²) in [6.45, 7) is 7.63. The Bertz CT molecular complexity index is 699. The monoisotopic (exact) mass is 376 g/mol. The topological polar surface area (TPSA) is 99.8 Å². The van der Waals surface area contributed by atoms with E-state index in [9.17, 15) is 14.4 Å². The molecule has 3 N–H and O–H groups in total. The summed E-state index contributed by atoms with van der Waals surface area (Å²) in [5.74, 6) is -0.863. The number of para-hydroxylation sites is 1. The maximum Gasteiger partial charge on any atom is 0.408 e. The van der Waals surface area contributed by atoms with Gasteiger partial charge in [0.05, 0.1) is 6.54 Å². The number of nitrogens with zero attached hydrogens (tertiary/aromatic N) is 1. The molecule has 1 aromatic carbocycles. The van der Waals surface area contributed by atoms with Gasteiger partial charge in [-0.1, -0.05) is 18.2 Å². The van der Waals surface area contributed by atoms with E-state index in [4.69, 9.17) is 4.74 Å². The smallest absolute Gasteiger partial charge is 0.408 e. The summed E-state index contributed by atoms with van der Waals surface area (Å²) in [5.41, 5.74) is 6.33. The Labute approximate surface area is 159 Å². The molecule has 8 heteroatoms. The predicted molar refractivity (Wildman–Crippen MR) is 102 cm³/mol. The summed E-state index contributed by atoms with van der Waals surface area (Å²) in [6, 6.07) is 7.14. The average molecular weight is 376 g/mol. The zero-order valence-electron chi connectivity index (χ0n) is 16.3. The fraction of sp³-hybridized carbons (Fsp3) is 0.526. The van der Waals surface area contributed by atoms with E-state index in [2.05, 4.69) is 22.2 Å². The molecular weight excluding hydrogens is 348 g/mol. The van der Waals surface area contributed by atoms with Crippen LogP contribution in [0.4, 0.5) is 10.5 Å². The highest BCUT2D eigenvalue weighted by atomic mass is 16.6. The number of benzene rings is 1. The van der Waals surface area contributed by atoms with Crippen LogP contribution in [0.5, 0.6) is 0 Å². The second kappa shape index (κ2) is 8.75. The van der Waals surface area contributed by atoms with Gasteiger partial charge in [-0.05, 0) is 52.2 Å². The molecular formula is C19H28N4O4. The minimum Gasteiger partial charge on any atom is -0.444 e. The first kappa shape index (κ1) is 20.5. The highest BCUT2D eigenvalue weighted by Gasteiger charge is 2.22. The van der Waals surface area contributed by atoms with Gasteiger partial charge in [0.25, 0.3) is 11.8 Å². The van der Waals surface area contributed by atoms with Crippen LogP contribution in [0.2, 0.25) is 0 Å². The Balaban J connectivity index is 1.78. The van der Waals surface area contributed by atoms with Gasteiger partial charge < -0.3 is 15.0 Å². The van der Waals surface area contributed by atoms with Crippen LogP contribution in [0.15, 0.2) is 24.3 Å². The lowest BCUT2D eigenvalue weighted by molar-refractivity contribution is -0.129. The Kier molecular flexibility index (Phi) is 6.65. The Morgan fingerprint density at radius 3 is 2.59 bits per heavy atom. The summed E-state index contributed by atoms with van der Waals surface area (Å²) in [4.78, 5) is 37.9. The normalized spacial score (nSPS) is 14.6. The molecule has 8 nitrogen and oxygen atoms in total. The molecule has 1 aliphatic heterocycles. The van der Waals surface area contributed by atoms with Crippen molar-refractivity contribution >= 4 is 23.6 Å². The summed E-state index contributed by atoms with van der Waals surface area (Å²) < 4.78 is 5.09. The van der Waals surface area contributed by atoms with E-state index in [1.165, 1.54) is 12.5 Å². The number of rotatable bonds is 4. The Morgan fingerprint density at radius 2 is 1.89 bits per heavy atom. The van der Waals surface area contributed by atoms with E-state index >= 15 is 0 Å². The predicted octanol–water partition coefficient (Wildman–Crippen LogP) is 1.50. The second-order valence-corrected chi connectivity index (χ2v) is 7.56. The molecule has 0 fully saturated rings. The lowest BCUT2D eigenvalue weighted by atomic mass is 10.0. The lowest BCUT2D eigenvalue weighted by Crippen LogP contribution is -2.53. The number of carbonyl (C=O) groups is 3. The molecule has 0 aromatic heterocycles. The largest absolute Gasteiger partial charge is 0.444 e. The van der Waals surface area contributed by atoms with Crippen molar-refractivity contribution in [3.63, 3.8) is 0 Å². The van der Waals surface area contributed by atoms with Gasteiger partial charge in [-0.3, -0.25) is 20.4 Å². The molecule has 0 spiro atoms. The van der Waals surface area contributed by atoms with Gasteiger partial charge >= 0.3 is 6.09 Å². The maximum atomic E-state index is 12.2. The average Bonchev–Trinajstić information content (AvgIpc) is 2.58. The molecule has 0 aliphatic carbocycles. The third kappa shape index (κ3) is 6.47. The van der Waals surface area contributed by atoms with Crippen molar-refractivity contribution < 1.29 is 19.1 Å². The van der Waals surface area contributed by atoms with Crippen LogP contribution < -0.4 is 21.1 Å². The van der Waals surface area contributed by atoms with E-state index in [1.807, 2.05) is 23.1 Å². The fourth-order valence-electron chi connectivity index (χ4n) is 2.78. The number of hydrogen-bond donors (Lipinski definition) is 3. The number of alkyl carbamates (subject to hydrolysis) is 1. The minimum atomic E-state index is -0.851. The molecule has 1 aromatic rings. The van der Waals surface area contributed by atoms with Crippen LogP contribution in [0.3, 0.4) is 0 Å². The van der Waals surface area contributed by atoms with E-state index in [1.54, 1.807) is 20.8 Å². The van der Waals surface area contributed by atoms with Crippen molar-refractivity contribution in [1.82, 2.24) is 16.2 Å². The van der Waals surface area contributed by atoms with Gasteiger partial charge in [0, 0.05) is 12.2 Å². The van der Waals surface area contributed by atoms with Crippen LogP contribution in [0.25, 0.3) is 0 Å². The highest BCUT2D eigenvalue weighted by Crippen LogP contribution is 2.26. The molecule has 2 rings (SSSR count). The Hall–Kier alpha value is -2.77. The minimum absolute atomic E-state index is 0.144. The standard InChI is InChI=1S/C19H28N4O4/c1-13(20-18(26)27-19(2,3)4)17(25)22-21-16(24)12-23-11-7-9-14-8-5-6-10-15(14)23/h5-6,8,10,13H,7,9,11-12H2,1-4H3,(H,20,26)(H,21,24)(H,22,25)/t13-/m1/s1. The van der Waals surface area contributed by atoms with Crippen molar-refractivity contribution in [1.29, 1.82) is 0 Å². The number of hydrazine groups is 1. The second-order valence-electron chi connectivity index (χ2n) is 7.56. The van der Waals surface area contributed by atoms with Crippen molar-refractivity contribution in [3.8, 4) is 0 Å². The number of ether oxygens (including phenoxy) is 1. The highest BCUT2D eigenvalue weighted by molar-refractivity contribution is 5.88. The quantitative estimate of drug-likeness (QED) is 0.692. The van der Waals surface area contributed by atoms with Crippen LogP contribution in [0, 0.1) is 0 Å². The van der Waals surface area contributed by atoms with Crippen molar-refractivity contribution in [2.24, 2.45) is 0 Å². The maximum absolute atomic E-state index is 12.2. The van der Waals surface area contributed by atoms with Crippen LogP contribution in [-0.2, 0) is 20.7 Å². The number of hydrogen-bond acceptors (Lipinski definition) is 5. The molecule has 0 bridgehead atoms. The van der Waals surface area contributed by atoms with Crippen molar-refractivity contribution in [2.45, 2.75) is 52.2 Å². The van der Waals surface area contributed by atoms with Crippen LogP contribution in [-0.4, -0.2) is 42.6 Å². The summed E-state index contributed by atoms with van der Waals surface area (Å²) in [5, 5.41) is 2.42. The molecule has 0 radical (unpaired) electrons. The number of nitrogens with one attached hydrogen (secondary N) is 3. The number of aryl methyl sites for hydroxylation is 1. The van der Waals surface area contributed by atoms with E-state index in [-0.39, 0.29) is 12.5 Å². The first-order chi connectivity index (χ1) is 12.7. The van der Waals surface area contributed by atoms with Gasteiger partial charge in [0.2, 0.25) is 0 Å². The van der Waals surface area contributed by atoms with Gasteiger partial charge in [-0.15, -0.1) is 0 Å². The van der Waals surface area contributed by atoms with E-state index in [0.29, 0.717) is 0 Å². The van der Waals surface area contributed by atoms with Crippen molar-refractivity contribution in [2.75, 3.05) is 18.0 Å². The summed E-state index contributed by atoms with van der Waals surface area (Å²) in [6.07, 6.45) is 1.29. The van der Waals surface area contributed by atoms with Gasteiger partial charge in [0.15, 0.2) is 0 Å². The number of amides is 3. The van der Waals surface area contributed by atoms with Gasteiger partial charge in [-0.25, -0.2) is 4.79 Å². The van der Waals surface area contributed by atoms with Crippen LogP contribution >= 0.6 is 0 Å². The van der Waals surface area contributed by atoms with E-state index in [0.717, 1.165) is 25.1 Å². The van der Waals surface area contributed by atoms with Crippen LogP contribution in [0.1, 0.15) is 39.7 Å². The fourth-order valence-corrected chi connectivity index (χ4v) is 2.78. The van der Waals surface area contributed by atoms with Gasteiger partial charge in [-0.2, -0.15) is 0 Å². The zero-order chi connectivity index (χ0) is 20.0. The molecule has 0 unspecified atom stereocenters. The molecule has 148 valence electrons. The first-order valence-electron chi connectivity index (χ1n) is 9.07. The molecule has 0 saturated heterocycles. The molecule has 3 amide bonds. The summed E-state index contributed by atoms with van der Waals surface area (Å²) >= 11 is 0. The number of carbonyl (C=O) groups excluding carboxylic acids is 3. The Morgan fingerprint density at radius 1 is 1.19 bits per heavy atom. The number of anilines is 1. The number of fused-ring (bicyclic) bond motifs is 1. The third-order valence-electron chi connectivity index (χ3n) is 3.99. The summed E-state index contributed by atoms with van der Waals surface area (Å²) in [7, 11) is 0. The zero-order valence-corrected chi connectivity index (χ0v) is 16.3. The molecule has 1 atom stereocenters. The lowest BCUT2D eigenvalue weighted by Gasteiger charge is -2.30. The molecule has 0 saturated carbocycles. The third-order valence-corrected chi connectivity index (χ3v) is 3.99. The molecule has 1 heterocycles. The van der Waals surface area contributed by atoms with E-state index < -0.39 is 23.6 Å². The molecule has 27 heavy (non-hydrogen) atoms. The molecule has 1 aliphatic rings. The first-order valence-corrected chi connectivity index (χ1v) is 9.07. The van der Waals surface area contributed by atoms with Gasteiger partial charge in [0.1, 0.15) is 11.6 Å². The SMILES string of the molecule is C[C@@H](NC(=O)OC(C)(C)C)C(=O)NNC(=O)CN1CCCc2ccccc21.